The van der Waals surface area contributed by atoms with Gasteiger partial charge >= 0.3 is 5.97 Å². The highest BCUT2D eigenvalue weighted by Crippen LogP contribution is 2.32. The molecule has 2 atom stereocenters. The molecule has 116 valence electrons. The third-order valence-corrected chi connectivity index (χ3v) is 3.84. The van der Waals surface area contributed by atoms with E-state index in [9.17, 15) is 18.7 Å². The molecular weight excluding hydrogens is 280 g/mol. The predicted molar refractivity (Wildman–Crippen MR) is 73.3 cm³/mol. The molecule has 1 fully saturated rings. The van der Waals surface area contributed by atoms with E-state index in [0.29, 0.717) is 25.8 Å². The lowest BCUT2D eigenvalue weighted by Gasteiger charge is -2.38. The quantitative estimate of drug-likeness (QED) is 0.877. The van der Waals surface area contributed by atoms with E-state index in [0.717, 1.165) is 6.07 Å². The van der Waals surface area contributed by atoms with Gasteiger partial charge in [0.15, 0.2) is 11.6 Å². The Morgan fingerprint density at radius 1 is 1.52 bits per heavy atom. The molecule has 0 amide bonds. The van der Waals surface area contributed by atoms with Gasteiger partial charge in [0, 0.05) is 6.42 Å². The van der Waals surface area contributed by atoms with Crippen molar-refractivity contribution in [1.82, 2.24) is 5.32 Å². The molecular formula is C15H19F2NO3. The van der Waals surface area contributed by atoms with Gasteiger partial charge < -0.3 is 15.2 Å². The summed E-state index contributed by atoms with van der Waals surface area (Å²) in [6, 6.07) is 3.73. The smallest absolute Gasteiger partial charge is 0.324 e. The Morgan fingerprint density at radius 2 is 2.29 bits per heavy atom. The van der Waals surface area contributed by atoms with Gasteiger partial charge in [0.2, 0.25) is 5.82 Å². The van der Waals surface area contributed by atoms with Gasteiger partial charge in [-0.2, -0.15) is 4.39 Å². The standard InChI is InChI=1S/C15H19F2NO3/c1-2-18-15(14(19)20)8-4-5-10(9-15)21-12-7-3-6-11(16)13(12)17/h3,6-7,10,18H,2,4-5,8-9H2,1H3,(H,19,20). The number of likely N-dealkylation sites (N-methyl/N-ethyl adjacent to an activating group) is 1. The zero-order valence-corrected chi connectivity index (χ0v) is 11.9. The first-order chi connectivity index (χ1) is 9.98. The minimum atomic E-state index is -1.05. The van der Waals surface area contributed by atoms with Gasteiger partial charge in [0.1, 0.15) is 11.6 Å². The molecule has 0 aliphatic heterocycles. The molecule has 0 bridgehead atoms. The van der Waals surface area contributed by atoms with Crippen LogP contribution in [0.5, 0.6) is 5.75 Å². The highest BCUT2D eigenvalue weighted by atomic mass is 19.2. The van der Waals surface area contributed by atoms with Crippen molar-refractivity contribution in [1.29, 1.82) is 0 Å². The Hall–Kier alpha value is -1.69. The summed E-state index contributed by atoms with van der Waals surface area (Å²) in [6.07, 6.45) is 1.55. The summed E-state index contributed by atoms with van der Waals surface area (Å²) in [5.74, 6) is -3.11. The molecule has 2 rings (SSSR count). The second kappa shape index (κ2) is 6.39. The van der Waals surface area contributed by atoms with Crippen molar-refractivity contribution in [3.63, 3.8) is 0 Å². The molecule has 0 radical (unpaired) electrons. The maximum Gasteiger partial charge on any atom is 0.324 e. The van der Waals surface area contributed by atoms with Crippen molar-refractivity contribution in [3.8, 4) is 5.75 Å². The summed E-state index contributed by atoms with van der Waals surface area (Å²) in [7, 11) is 0. The predicted octanol–water partition coefficient (Wildman–Crippen LogP) is 2.72. The van der Waals surface area contributed by atoms with Gasteiger partial charge in [-0.1, -0.05) is 13.0 Å². The van der Waals surface area contributed by atoms with Crippen molar-refractivity contribution in [3.05, 3.63) is 29.8 Å². The average molecular weight is 299 g/mol. The number of nitrogens with one attached hydrogen (secondary N) is 1. The molecule has 1 aliphatic rings. The van der Waals surface area contributed by atoms with Gasteiger partial charge in [-0.3, -0.25) is 4.79 Å². The summed E-state index contributed by atoms with van der Waals surface area (Å²) in [6.45, 7) is 2.36. The highest BCUT2D eigenvalue weighted by Gasteiger charge is 2.43. The topological polar surface area (TPSA) is 58.6 Å². The minimum absolute atomic E-state index is 0.169. The van der Waals surface area contributed by atoms with Crippen LogP contribution in [0.2, 0.25) is 0 Å². The molecule has 2 N–H and O–H groups in total. The first-order valence-electron chi connectivity index (χ1n) is 7.07. The summed E-state index contributed by atoms with van der Waals surface area (Å²) >= 11 is 0. The normalized spacial score (nSPS) is 25.6. The van der Waals surface area contributed by atoms with Crippen LogP contribution < -0.4 is 10.1 Å². The molecule has 1 aromatic carbocycles. The van der Waals surface area contributed by atoms with E-state index in [1.165, 1.54) is 12.1 Å². The van der Waals surface area contributed by atoms with Crippen molar-refractivity contribution in [2.75, 3.05) is 6.54 Å². The van der Waals surface area contributed by atoms with Crippen molar-refractivity contribution >= 4 is 5.97 Å². The fourth-order valence-corrected chi connectivity index (χ4v) is 2.85. The van der Waals surface area contributed by atoms with Crippen molar-refractivity contribution in [2.24, 2.45) is 0 Å². The number of ether oxygens (including phenoxy) is 1. The Morgan fingerprint density at radius 3 is 2.95 bits per heavy atom. The van der Waals surface area contributed by atoms with Gasteiger partial charge in [-0.05, 0) is 37.9 Å². The van der Waals surface area contributed by atoms with Crippen LogP contribution in [0.15, 0.2) is 18.2 Å². The molecule has 0 spiro atoms. The number of hydrogen-bond acceptors (Lipinski definition) is 3. The molecule has 6 heteroatoms. The molecule has 1 aromatic rings. The van der Waals surface area contributed by atoms with Crippen LogP contribution in [0.4, 0.5) is 8.78 Å². The van der Waals surface area contributed by atoms with E-state index in [4.69, 9.17) is 4.74 Å². The largest absolute Gasteiger partial charge is 0.487 e. The second-order valence-corrected chi connectivity index (χ2v) is 5.31. The van der Waals surface area contributed by atoms with Crippen LogP contribution in [0.3, 0.4) is 0 Å². The number of carboxylic acids is 1. The first-order valence-corrected chi connectivity index (χ1v) is 7.07. The fraction of sp³-hybridized carbons (Fsp3) is 0.533. The zero-order valence-electron chi connectivity index (χ0n) is 11.9. The summed E-state index contributed by atoms with van der Waals surface area (Å²) < 4.78 is 32.3. The van der Waals surface area contributed by atoms with Crippen LogP contribution in [0.1, 0.15) is 32.6 Å². The number of hydrogen-bond donors (Lipinski definition) is 2. The zero-order chi connectivity index (χ0) is 15.5. The molecule has 2 unspecified atom stereocenters. The van der Waals surface area contributed by atoms with Gasteiger partial charge in [0.05, 0.1) is 0 Å². The van der Waals surface area contributed by atoms with E-state index in [2.05, 4.69) is 5.32 Å². The van der Waals surface area contributed by atoms with Crippen molar-refractivity contribution < 1.29 is 23.4 Å². The van der Waals surface area contributed by atoms with Gasteiger partial charge in [-0.15, -0.1) is 0 Å². The molecule has 21 heavy (non-hydrogen) atoms. The van der Waals surface area contributed by atoms with E-state index in [-0.39, 0.29) is 12.2 Å². The number of halogens is 2. The first kappa shape index (κ1) is 15.7. The minimum Gasteiger partial charge on any atom is -0.487 e. The molecule has 1 aliphatic carbocycles. The lowest BCUT2D eigenvalue weighted by atomic mass is 9.80. The van der Waals surface area contributed by atoms with Crippen LogP contribution in [-0.4, -0.2) is 29.3 Å². The molecule has 1 saturated carbocycles. The Kier molecular flexibility index (Phi) is 4.77. The molecule has 4 nitrogen and oxygen atoms in total. The fourth-order valence-electron chi connectivity index (χ4n) is 2.85. The number of carboxylic acid groups (broad SMARTS) is 1. The Labute approximate surface area is 122 Å². The average Bonchev–Trinajstić information content (AvgIpc) is 2.44. The highest BCUT2D eigenvalue weighted by molar-refractivity contribution is 5.79. The summed E-state index contributed by atoms with van der Waals surface area (Å²) in [5.41, 5.74) is -1.05. The third-order valence-electron chi connectivity index (χ3n) is 3.84. The number of carbonyl (C=O) groups is 1. The Balaban J connectivity index is 2.14. The van der Waals surface area contributed by atoms with Crippen LogP contribution in [-0.2, 0) is 4.79 Å². The van der Waals surface area contributed by atoms with Crippen LogP contribution in [0.25, 0.3) is 0 Å². The van der Waals surface area contributed by atoms with Gasteiger partial charge in [0.25, 0.3) is 0 Å². The van der Waals surface area contributed by atoms with Crippen molar-refractivity contribution in [2.45, 2.75) is 44.2 Å². The SMILES string of the molecule is CCNC1(C(=O)O)CCCC(Oc2cccc(F)c2F)C1. The number of benzene rings is 1. The maximum atomic E-state index is 13.6. The lowest BCUT2D eigenvalue weighted by molar-refractivity contribution is -0.147. The number of rotatable bonds is 5. The van der Waals surface area contributed by atoms with Crippen LogP contribution in [0, 0.1) is 11.6 Å². The monoisotopic (exact) mass is 299 g/mol. The van der Waals surface area contributed by atoms with E-state index in [1.807, 2.05) is 6.92 Å². The van der Waals surface area contributed by atoms with Gasteiger partial charge in [-0.25, -0.2) is 4.39 Å². The maximum absolute atomic E-state index is 13.6. The third kappa shape index (κ3) is 3.32. The van der Waals surface area contributed by atoms with E-state index in [1.54, 1.807) is 0 Å². The number of aliphatic carboxylic acids is 1. The molecule has 0 saturated heterocycles. The molecule has 0 heterocycles. The summed E-state index contributed by atoms with van der Waals surface area (Å²) in [4.78, 5) is 11.5. The molecule has 0 aromatic heterocycles. The second-order valence-electron chi connectivity index (χ2n) is 5.31. The Bertz CT molecular complexity index is 520. The van der Waals surface area contributed by atoms with Crippen LogP contribution >= 0.6 is 0 Å². The van der Waals surface area contributed by atoms with E-state index < -0.39 is 29.2 Å². The summed E-state index contributed by atoms with van der Waals surface area (Å²) in [5, 5.41) is 12.4. The lowest BCUT2D eigenvalue weighted by Crippen LogP contribution is -2.56. The van der Waals surface area contributed by atoms with E-state index >= 15 is 0 Å².